The van der Waals surface area contributed by atoms with Crippen LogP contribution in [0, 0.1) is 23.7 Å². The Balaban J connectivity index is 2.52. The molecule has 1 N–H and O–H groups in total. The van der Waals surface area contributed by atoms with Gasteiger partial charge >= 0.3 is 0 Å². The van der Waals surface area contributed by atoms with E-state index in [1.807, 2.05) is 0 Å². The van der Waals surface area contributed by atoms with Crippen LogP contribution in [0.5, 0.6) is 0 Å². The highest BCUT2D eigenvalue weighted by Crippen LogP contribution is 2.38. The molecule has 114 valence electrons. The third-order valence-electron chi connectivity index (χ3n) is 5.70. The van der Waals surface area contributed by atoms with Gasteiger partial charge in [0.25, 0.3) is 0 Å². The van der Waals surface area contributed by atoms with Gasteiger partial charge in [0.2, 0.25) is 0 Å². The van der Waals surface area contributed by atoms with Gasteiger partial charge in [-0.3, -0.25) is 0 Å². The molecule has 0 amide bonds. The molecule has 2 unspecified atom stereocenters. The van der Waals surface area contributed by atoms with Gasteiger partial charge in [-0.1, -0.05) is 59.8 Å². The molecular weight excluding hydrogens is 232 g/mol. The number of rotatable bonds is 8. The fraction of sp³-hybridized carbons (Fsp3) is 1.00. The maximum atomic E-state index is 10.7. The van der Waals surface area contributed by atoms with Crippen LogP contribution in [0.3, 0.4) is 0 Å². The van der Waals surface area contributed by atoms with Crippen LogP contribution in [0.2, 0.25) is 0 Å². The number of hydrogen-bond donors (Lipinski definition) is 1. The van der Waals surface area contributed by atoms with Crippen LogP contribution in [0.15, 0.2) is 0 Å². The van der Waals surface area contributed by atoms with E-state index in [0.717, 1.165) is 11.8 Å². The van der Waals surface area contributed by atoms with Crippen LogP contribution in [0.25, 0.3) is 0 Å². The molecule has 1 rings (SSSR count). The second kappa shape index (κ2) is 9.00. The van der Waals surface area contributed by atoms with Crippen molar-refractivity contribution in [2.75, 3.05) is 0 Å². The molecule has 0 spiro atoms. The predicted molar refractivity (Wildman–Crippen MR) is 84.2 cm³/mol. The molecule has 0 saturated heterocycles. The predicted octanol–water partition coefficient (Wildman–Crippen LogP) is 5.42. The van der Waals surface area contributed by atoms with Crippen molar-refractivity contribution in [2.45, 2.75) is 91.6 Å². The number of hydrogen-bond acceptors (Lipinski definition) is 1. The minimum atomic E-state index is -0.0186. The highest BCUT2D eigenvalue weighted by molar-refractivity contribution is 4.84. The normalized spacial score (nSPS) is 28.3. The zero-order valence-corrected chi connectivity index (χ0v) is 13.7. The van der Waals surface area contributed by atoms with E-state index in [1.54, 1.807) is 0 Å². The molecule has 0 radical (unpaired) electrons. The van der Waals surface area contributed by atoms with E-state index in [1.165, 1.54) is 57.8 Å². The second-order valence-corrected chi connectivity index (χ2v) is 6.78. The van der Waals surface area contributed by atoms with E-state index in [-0.39, 0.29) is 6.10 Å². The summed E-state index contributed by atoms with van der Waals surface area (Å²) in [6, 6.07) is 0. The van der Waals surface area contributed by atoms with Crippen LogP contribution in [-0.2, 0) is 0 Å². The van der Waals surface area contributed by atoms with Crippen molar-refractivity contribution in [3.05, 3.63) is 0 Å². The first kappa shape index (κ1) is 17.0. The van der Waals surface area contributed by atoms with Crippen molar-refractivity contribution in [2.24, 2.45) is 23.7 Å². The molecule has 1 aliphatic carbocycles. The Labute approximate surface area is 121 Å². The molecule has 0 bridgehead atoms. The van der Waals surface area contributed by atoms with Gasteiger partial charge in [0, 0.05) is 0 Å². The SMILES string of the molecule is CCC(CC)CC1CCCC(CC(CC)CC)C1O. The Bertz CT molecular complexity index is 196. The molecule has 19 heavy (non-hydrogen) atoms. The van der Waals surface area contributed by atoms with E-state index >= 15 is 0 Å². The first-order valence-electron chi connectivity index (χ1n) is 8.84. The third kappa shape index (κ3) is 5.10. The van der Waals surface area contributed by atoms with Gasteiger partial charge in [0.1, 0.15) is 0 Å². The molecule has 0 aromatic carbocycles. The zero-order valence-electron chi connectivity index (χ0n) is 13.7. The van der Waals surface area contributed by atoms with Crippen molar-refractivity contribution in [1.82, 2.24) is 0 Å². The monoisotopic (exact) mass is 268 g/mol. The quantitative estimate of drug-likeness (QED) is 0.623. The van der Waals surface area contributed by atoms with Gasteiger partial charge in [0.15, 0.2) is 0 Å². The minimum absolute atomic E-state index is 0.0186. The summed E-state index contributed by atoms with van der Waals surface area (Å²) >= 11 is 0. The van der Waals surface area contributed by atoms with Crippen molar-refractivity contribution >= 4 is 0 Å². The Morgan fingerprint density at radius 3 is 1.47 bits per heavy atom. The average Bonchev–Trinajstić information content (AvgIpc) is 2.45. The highest BCUT2D eigenvalue weighted by atomic mass is 16.3. The molecule has 1 aliphatic rings. The fourth-order valence-electron chi connectivity index (χ4n) is 3.98. The van der Waals surface area contributed by atoms with E-state index in [9.17, 15) is 5.11 Å². The van der Waals surface area contributed by atoms with Crippen molar-refractivity contribution in [3.63, 3.8) is 0 Å². The van der Waals surface area contributed by atoms with E-state index in [4.69, 9.17) is 0 Å². The largest absolute Gasteiger partial charge is 0.393 e. The summed E-state index contributed by atoms with van der Waals surface area (Å²) in [5, 5.41) is 10.7. The maximum Gasteiger partial charge on any atom is 0.0596 e. The Morgan fingerprint density at radius 2 is 1.16 bits per heavy atom. The van der Waals surface area contributed by atoms with E-state index in [0.29, 0.717) is 11.8 Å². The standard InChI is InChI=1S/C18H36O/c1-5-14(6-2)12-16-10-9-11-17(18(16)19)13-15(7-3)8-4/h14-19H,5-13H2,1-4H3. The lowest BCUT2D eigenvalue weighted by molar-refractivity contribution is -0.00359. The van der Waals surface area contributed by atoms with Crippen LogP contribution < -0.4 is 0 Å². The molecule has 0 aliphatic heterocycles. The Morgan fingerprint density at radius 1 is 0.789 bits per heavy atom. The lowest BCUT2D eigenvalue weighted by Crippen LogP contribution is -2.35. The fourth-order valence-corrected chi connectivity index (χ4v) is 3.98. The summed E-state index contributed by atoms with van der Waals surface area (Å²) in [6.45, 7) is 9.19. The average molecular weight is 268 g/mol. The summed E-state index contributed by atoms with van der Waals surface area (Å²) in [5.41, 5.74) is 0. The maximum absolute atomic E-state index is 10.7. The van der Waals surface area contributed by atoms with Crippen molar-refractivity contribution in [3.8, 4) is 0 Å². The lowest BCUT2D eigenvalue weighted by Gasteiger charge is -2.38. The van der Waals surface area contributed by atoms with Crippen LogP contribution in [-0.4, -0.2) is 11.2 Å². The van der Waals surface area contributed by atoms with Gasteiger partial charge < -0.3 is 5.11 Å². The summed E-state index contributed by atoms with van der Waals surface area (Å²) in [4.78, 5) is 0. The molecule has 1 nitrogen and oxygen atoms in total. The van der Waals surface area contributed by atoms with Crippen molar-refractivity contribution in [1.29, 1.82) is 0 Å². The molecular formula is C18H36O. The molecule has 2 atom stereocenters. The minimum Gasteiger partial charge on any atom is -0.393 e. The number of aliphatic hydroxyl groups is 1. The number of aliphatic hydroxyl groups excluding tert-OH is 1. The van der Waals surface area contributed by atoms with Gasteiger partial charge in [-0.05, 0) is 49.4 Å². The van der Waals surface area contributed by atoms with Gasteiger partial charge in [-0.15, -0.1) is 0 Å². The first-order chi connectivity index (χ1) is 9.15. The molecule has 0 heterocycles. The van der Waals surface area contributed by atoms with E-state index in [2.05, 4.69) is 27.7 Å². The summed E-state index contributed by atoms with van der Waals surface area (Å²) < 4.78 is 0. The topological polar surface area (TPSA) is 20.2 Å². The smallest absolute Gasteiger partial charge is 0.0596 e. The first-order valence-corrected chi connectivity index (χ1v) is 8.84. The second-order valence-electron chi connectivity index (χ2n) is 6.78. The molecule has 0 aromatic heterocycles. The molecule has 1 heteroatoms. The van der Waals surface area contributed by atoms with Gasteiger partial charge in [-0.2, -0.15) is 0 Å². The van der Waals surface area contributed by atoms with Crippen LogP contribution in [0.4, 0.5) is 0 Å². The van der Waals surface area contributed by atoms with Crippen LogP contribution >= 0.6 is 0 Å². The van der Waals surface area contributed by atoms with E-state index < -0.39 is 0 Å². The Hall–Kier alpha value is -0.0400. The van der Waals surface area contributed by atoms with Gasteiger partial charge in [-0.25, -0.2) is 0 Å². The van der Waals surface area contributed by atoms with Crippen molar-refractivity contribution < 1.29 is 5.11 Å². The molecule has 1 fully saturated rings. The molecule has 0 aromatic rings. The molecule has 1 saturated carbocycles. The highest BCUT2D eigenvalue weighted by Gasteiger charge is 2.33. The summed E-state index contributed by atoms with van der Waals surface area (Å²) in [7, 11) is 0. The van der Waals surface area contributed by atoms with Gasteiger partial charge in [0.05, 0.1) is 6.10 Å². The summed E-state index contributed by atoms with van der Waals surface area (Å²) in [5.74, 6) is 2.81. The lowest BCUT2D eigenvalue weighted by atomic mass is 9.71. The zero-order chi connectivity index (χ0) is 14.3. The Kier molecular flexibility index (Phi) is 8.06. The summed E-state index contributed by atoms with van der Waals surface area (Å²) in [6.07, 6.45) is 11.5. The van der Waals surface area contributed by atoms with Crippen LogP contribution in [0.1, 0.15) is 85.5 Å². The third-order valence-corrected chi connectivity index (χ3v) is 5.70.